The lowest BCUT2D eigenvalue weighted by atomic mass is 10.2. The average molecular weight is 517 g/mol. The molecular weight excluding hydrogens is 490 g/mol. The van der Waals surface area contributed by atoms with Crippen LogP contribution in [0.3, 0.4) is 0 Å². The summed E-state index contributed by atoms with van der Waals surface area (Å²) in [5, 5.41) is 9.65. The number of morpholine rings is 1. The van der Waals surface area contributed by atoms with E-state index >= 15 is 0 Å². The van der Waals surface area contributed by atoms with Gasteiger partial charge in [-0.25, -0.2) is 9.67 Å². The smallest absolute Gasteiger partial charge is 0.333 e. The Labute approximate surface area is 210 Å². The number of nitrogens with zero attached hydrogens (tertiary/aromatic N) is 8. The molecule has 3 aromatic rings. The van der Waals surface area contributed by atoms with Crippen molar-refractivity contribution in [2.45, 2.75) is 19.0 Å². The van der Waals surface area contributed by atoms with Crippen molar-refractivity contribution in [2.75, 3.05) is 56.2 Å². The van der Waals surface area contributed by atoms with Gasteiger partial charge in [-0.1, -0.05) is 6.58 Å². The highest BCUT2D eigenvalue weighted by Crippen LogP contribution is 2.26. The number of carbonyl (C=O) groups is 2. The number of hydrogen-bond acceptors (Lipinski definition) is 9. The molecule has 3 aromatic heterocycles. The van der Waals surface area contributed by atoms with Crippen molar-refractivity contribution < 1.29 is 23.1 Å². The molecule has 2 aliphatic heterocycles. The predicted octanol–water partition coefficient (Wildman–Crippen LogP) is 0.559. The zero-order valence-corrected chi connectivity index (χ0v) is 19.9. The van der Waals surface area contributed by atoms with E-state index in [9.17, 15) is 18.4 Å². The molecule has 2 N–H and O–H groups in total. The Balaban J connectivity index is 1.37. The van der Waals surface area contributed by atoms with Crippen molar-refractivity contribution in [2.24, 2.45) is 0 Å². The number of halogens is 2. The molecule has 2 aliphatic rings. The van der Waals surface area contributed by atoms with Gasteiger partial charge in [-0.3, -0.25) is 14.2 Å². The molecule has 37 heavy (non-hydrogen) atoms. The van der Waals surface area contributed by atoms with Crippen molar-refractivity contribution in [3.05, 3.63) is 31.4 Å². The standard InChI is InChI=1S/C22H26F2N10O3/c1-2-17(36)32-4-3-14(11-32)28-16(35)10-25-19-18-20(30-22(29-19)31-5-7-37-8-6-31)33(13-26-18)15-9-27-34(12-15)21(23)24/h2,9,12-14,21H,1,3-8,10-11H2,(H,28,35)(H,25,29,30)/t14-/m0/s1. The Bertz CT molecular complexity index is 1300. The average Bonchev–Trinajstić information content (AvgIpc) is 3.66. The first-order valence-electron chi connectivity index (χ1n) is 11.8. The lowest BCUT2D eigenvalue weighted by molar-refractivity contribution is -0.125. The summed E-state index contributed by atoms with van der Waals surface area (Å²) < 4.78 is 33.6. The minimum atomic E-state index is -2.78. The maximum absolute atomic E-state index is 13.1. The maximum atomic E-state index is 13.1. The third kappa shape index (κ3) is 5.21. The number of imidazole rings is 1. The van der Waals surface area contributed by atoms with Gasteiger partial charge >= 0.3 is 6.55 Å². The van der Waals surface area contributed by atoms with Crippen LogP contribution < -0.4 is 15.5 Å². The highest BCUT2D eigenvalue weighted by molar-refractivity contribution is 5.89. The van der Waals surface area contributed by atoms with Crippen LogP contribution in [-0.2, 0) is 14.3 Å². The van der Waals surface area contributed by atoms with E-state index in [1.807, 2.05) is 4.90 Å². The number of ether oxygens (including phenoxy) is 1. The molecule has 0 bridgehead atoms. The number of nitrogens with one attached hydrogen (secondary N) is 2. The molecule has 2 fully saturated rings. The molecule has 0 radical (unpaired) electrons. The Morgan fingerprint density at radius 1 is 1.24 bits per heavy atom. The summed E-state index contributed by atoms with van der Waals surface area (Å²) in [7, 11) is 0. The molecule has 5 heterocycles. The van der Waals surface area contributed by atoms with E-state index in [-0.39, 0.29) is 24.4 Å². The molecule has 2 amide bonds. The summed E-state index contributed by atoms with van der Waals surface area (Å²) in [6.07, 6.45) is 5.86. The minimum Gasteiger partial charge on any atom is -0.378 e. The fourth-order valence-corrected chi connectivity index (χ4v) is 4.31. The zero-order valence-electron chi connectivity index (χ0n) is 19.9. The summed E-state index contributed by atoms with van der Waals surface area (Å²) in [6, 6.07) is -0.155. The molecule has 2 saturated heterocycles. The number of hydrogen-bond donors (Lipinski definition) is 2. The molecule has 5 rings (SSSR count). The zero-order chi connectivity index (χ0) is 25.9. The first-order chi connectivity index (χ1) is 17.9. The molecule has 15 heteroatoms. The van der Waals surface area contributed by atoms with Gasteiger partial charge in [0.1, 0.15) is 6.33 Å². The molecule has 1 atom stereocenters. The van der Waals surface area contributed by atoms with E-state index in [4.69, 9.17) is 4.74 Å². The van der Waals surface area contributed by atoms with Gasteiger partial charge in [0, 0.05) is 32.2 Å². The third-order valence-electron chi connectivity index (χ3n) is 6.20. The molecule has 0 saturated carbocycles. The largest absolute Gasteiger partial charge is 0.378 e. The van der Waals surface area contributed by atoms with Gasteiger partial charge in [0.25, 0.3) is 0 Å². The predicted molar refractivity (Wildman–Crippen MR) is 129 cm³/mol. The molecule has 196 valence electrons. The van der Waals surface area contributed by atoms with Crippen molar-refractivity contribution in [1.82, 2.24) is 39.5 Å². The number of amides is 2. The minimum absolute atomic E-state index is 0.0866. The monoisotopic (exact) mass is 516 g/mol. The highest BCUT2D eigenvalue weighted by Gasteiger charge is 2.26. The van der Waals surface area contributed by atoms with Crippen LogP contribution >= 0.6 is 0 Å². The number of anilines is 2. The Kier molecular flexibility index (Phi) is 6.94. The van der Waals surface area contributed by atoms with Gasteiger partial charge < -0.3 is 25.2 Å². The topological polar surface area (TPSA) is 135 Å². The van der Waals surface area contributed by atoms with E-state index in [2.05, 4.69) is 37.3 Å². The fourth-order valence-electron chi connectivity index (χ4n) is 4.31. The van der Waals surface area contributed by atoms with Crippen LogP contribution in [0.4, 0.5) is 20.5 Å². The van der Waals surface area contributed by atoms with Gasteiger partial charge in [0.2, 0.25) is 17.8 Å². The number of alkyl halides is 2. The second-order valence-corrected chi connectivity index (χ2v) is 8.61. The van der Waals surface area contributed by atoms with Crippen LogP contribution in [0, 0.1) is 0 Å². The van der Waals surface area contributed by atoms with Gasteiger partial charge in [0.05, 0.1) is 37.8 Å². The first kappa shape index (κ1) is 24.5. The van der Waals surface area contributed by atoms with Crippen molar-refractivity contribution in [3.8, 4) is 5.69 Å². The molecule has 0 spiro atoms. The van der Waals surface area contributed by atoms with Crippen molar-refractivity contribution in [3.63, 3.8) is 0 Å². The Morgan fingerprint density at radius 3 is 2.78 bits per heavy atom. The summed E-state index contributed by atoms with van der Waals surface area (Å²) in [4.78, 5) is 41.6. The van der Waals surface area contributed by atoms with E-state index in [1.54, 1.807) is 9.47 Å². The van der Waals surface area contributed by atoms with Crippen molar-refractivity contribution >= 4 is 34.7 Å². The molecule has 0 aromatic carbocycles. The van der Waals surface area contributed by atoms with Crippen LogP contribution in [0.1, 0.15) is 13.0 Å². The molecule has 13 nitrogen and oxygen atoms in total. The summed E-state index contributed by atoms with van der Waals surface area (Å²) in [6.45, 7) is 3.78. The van der Waals surface area contributed by atoms with Crippen molar-refractivity contribution in [1.29, 1.82) is 0 Å². The molecule has 0 aliphatic carbocycles. The summed E-state index contributed by atoms with van der Waals surface area (Å²) in [5.41, 5.74) is 1.11. The first-order valence-corrected chi connectivity index (χ1v) is 11.8. The second-order valence-electron chi connectivity index (χ2n) is 8.61. The van der Waals surface area contributed by atoms with Gasteiger partial charge in [-0.05, 0) is 12.5 Å². The fraction of sp³-hybridized carbons (Fsp3) is 0.455. The third-order valence-corrected chi connectivity index (χ3v) is 6.20. The lowest BCUT2D eigenvalue weighted by Gasteiger charge is -2.27. The molecular formula is C22H26F2N10O3. The van der Waals surface area contributed by atoms with Crippen LogP contribution in [0.25, 0.3) is 16.9 Å². The number of carbonyl (C=O) groups excluding carboxylic acids is 2. The van der Waals surface area contributed by atoms with E-state index in [0.717, 1.165) is 0 Å². The van der Waals surface area contributed by atoms with E-state index < -0.39 is 6.55 Å². The maximum Gasteiger partial charge on any atom is 0.333 e. The highest BCUT2D eigenvalue weighted by atomic mass is 19.3. The van der Waals surface area contributed by atoms with E-state index in [0.29, 0.717) is 79.1 Å². The number of rotatable bonds is 8. The number of aromatic nitrogens is 6. The van der Waals surface area contributed by atoms with Crippen LogP contribution in [0.5, 0.6) is 0 Å². The van der Waals surface area contributed by atoms with Crippen LogP contribution in [0.15, 0.2) is 31.4 Å². The second kappa shape index (κ2) is 10.5. The number of likely N-dealkylation sites (tertiary alicyclic amines) is 1. The molecule has 0 unspecified atom stereocenters. The normalized spacial score (nSPS) is 18.0. The Hall–Kier alpha value is -4.14. The summed E-state index contributed by atoms with van der Waals surface area (Å²) in [5.74, 6) is 0.298. The van der Waals surface area contributed by atoms with Crippen LogP contribution in [-0.4, -0.2) is 98.0 Å². The van der Waals surface area contributed by atoms with Gasteiger partial charge in [-0.2, -0.15) is 23.8 Å². The number of fused-ring (bicyclic) bond motifs is 1. The Morgan fingerprint density at radius 2 is 2.05 bits per heavy atom. The quantitative estimate of drug-likeness (QED) is 0.412. The van der Waals surface area contributed by atoms with Gasteiger partial charge in [-0.15, -0.1) is 0 Å². The lowest BCUT2D eigenvalue weighted by Crippen LogP contribution is -2.41. The van der Waals surface area contributed by atoms with E-state index in [1.165, 1.54) is 24.8 Å². The van der Waals surface area contributed by atoms with Crippen LogP contribution in [0.2, 0.25) is 0 Å². The SMILES string of the molecule is C=CC(=O)N1CC[C@H](NC(=O)CNc2nc(N3CCOCC3)nc3c2ncn3-c2cnn(C(F)F)c2)C1. The van der Waals surface area contributed by atoms with Gasteiger partial charge in [0.15, 0.2) is 17.0 Å². The summed E-state index contributed by atoms with van der Waals surface area (Å²) >= 11 is 0.